The number of rotatable bonds is 14. The monoisotopic (exact) mass is 326 g/mol. The topological polar surface area (TPSA) is 78.4 Å². The van der Waals surface area contributed by atoms with E-state index in [9.17, 15) is 9.59 Å². The van der Waals surface area contributed by atoms with Gasteiger partial charge in [0.05, 0.1) is 0 Å². The van der Waals surface area contributed by atoms with Crippen LogP contribution in [0.1, 0.15) is 70.6 Å². The van der Waals surface area contributed by atoms with Crippen LogP contribution in [0.4, 0.5) is 0 Å². The van der Waals surface area contributed by atoms with Gasteiger partial charge >= 0.3 is 11.8 Å². The second-order valence-corrected chi connectivity index (χ2v) is 5.79. The van der Waals surface area contributed by atoms with Crippen LogP contribution in [0.15, 0.2) is 12.2 Å². The van der Waals surface area contributed by atoms with E-state index in [0.29, 0.717) is 13.2 Å². The number of carbonyl (C=O) groups excluding carboxylic acids is 2. The van der Waals surface area contributed by atoms with Crippen molar-refractivity contribution >= 4 is 11.8 Å². The van der Waals surface area contributed by atoms with E-state index < -0.39 is 11.8 Å². The molecule has 0 unspecified atom stereocenters. The van der Waals surface area contributed by atoms with Crippen LogP contribution in [-0.2, 0) is 9.59 Å². The molecule has 2 amide bonds. The molecule has 134 valence electrons. The zero-order chi connectivity index (χ0) is 17.2. The lowest BCUT2D eigenvalue weighted by Gasteiger charge is -2.02. The molecule has 0 bridgehead atoms. The van der Waals surface area contributed by atoms with Gasteiger partial charge in [-0.1, -0.05) is 44.3 Å². The molecule has 0 aliphatic rings. The highest BCUT2D eigenvalue weighted by atomic mass is 16.3. The summed E-state index contributed by atoms with van der Waals surface area (Å²) in [6.07, 6.45) is 17.0. The number of unbranched alkanes of at least 4 members (excludes halogenated alkanes) is 9. The summed E-state index contributed by atoms with van der Waals surface area (Å²) in [4.78, 5) is 22.1. The number of aliphatic hydroxyl groups is 1. The number of aliphatic hydroxyl groups excluding tert-OH is 1. The van der Waals surface area contributed by atoms with Crippen LogP contribution < -0.4 is 10.6 Å². The summed E-state index contributed by atoms with van der Waals surface area (Å²) in [5, 5.41) is 13.6. The van der Waals surface area contributed by atoms with Crippen molar-refractivity contribution in [2.75, 3.05) is 20.2 Å². The van der Waals surface area contributed by atoms with E-state index in [1.165, 1.54) is 39.2 Å². The third kappa shape index (κ3) is 15.3. The first-order chi connectivity index (χ1) is 11.2. The molecular formula is C18H34N2O3. The van der Waals surface area contributed by atoms with Gasteiger partial charge in [-0.05, 0) is 38.5 Å². The number of carbonyl (C=O) groups is 2. The molecule has 0 aliphatic carbocycles. The van der Waals surface area contributed by atoms with E-state index in [2.05, 4.69) is 22.8 Å². The summed E-state index contributed by atoms with van der Waals surface area (Å²) in [5.41, 5.74) is 0. The summed E-state index contributed by atoms with van der Waals surface area (Å²) in [6, 6.07) is 0. The fourth-order valence-corrected chi connectivity index (χ4v) is 2.28. The maximum Gasteiger partial charge on any atom is 0.309 e. The molecule has 5 heteroatoms. The van der Waals surface area contributed by atoms with Gasteiger partial charge < -0.3 is 15.7 Å². The number of allylic oxidation sites excluding steroid dienone is 2. The highest BCUT2D eigenvalue weighted by Gasteiger charge is 2.08. The number of nitrogens with one attached hydrogen (secondary N) is 2. The zero-order valence-electron chi connectivity index (χ0n) is 14.6. The maximum atomic E-state index is 11.2. The molecule has 5 nitrogen and oxygen atoms in total. The number of hydrogen-bond acceptors (Lipinski definition) is 3. The van der Waals surface area contributed by atoms with Crippen LogP contribution in [0, 0.1) is 0 Å². The Labute approximate surface area is 140 Å². The SMILES string of the molecule is CNC(=O)C(=O)NCCCC/C=C\CCCCCCCCCO. The first-order valence-corrected chi connectivity index (χ1v) is 8.98. The Morgan fingerprint density at radius 2 is 1.30 bits per heavy atom. The summed E-state index contributed by atoms with van der Waals surface area (Å²) >= 11 is 0. The Morgan fingerprint density at radius 3 is 1.87 bits per heavy atom. The first-order valence-electron chi connectivity index (χ1n) is 8.98. The first kappa shape index (κ1) is 21.6. The molecule has 0 aromatic heterocycles. The summed E-state index contributed by atoms with van der Waals surface area (Å²) < 4.78 is 0. The summed E-state index contributed by atoms with van der Waals surface area (Å²) in [6.45, 7) is 0.877. The molecule has 23 heavy (non-hydrogen) atoms. The van der Waals surface area contributed by atoms with Crippen molar-refractivity contribution in [3.63, 3.8) is 0 Å². The van der Waals surface area contributed by atoms with Crippen LogP contribution in [-0.4, -0.2) is 37.1 Å². The molecule has 3 N–H and O–H groups in total. The summed E-state index contributed by atoms with van der Waals surface area (Å²) in [5.74, 6) is -1.14. The highest BCUT2D eigenvalue weighted by molar-refractivity contribution is 6.34. The van der Waals surface area contributed by atoms with Gasteiger partial charge in [-0.3, -0.25) is 9.59 Å². The van der Waals surface area contributed by atoms with Crippen LogP contribution >= 0.6 is 0 Å². The second-order valence-electron chi connectivity index (χ2n) is 5.79. The molecule has 0 rings (SSSR count). The molecule has 0 heterocycles. The van der Waals surface area contributed by atoms with Crippen molar-refractivity contribution in [3.8, 4) is 0 Å². The van der Waals surface area contributed by atoms with Crippen LogP contribution in [0.5, 0.6) is 0 Å². The molecule has 0 aliphatic heterocycles. The lowest BCUT2D eigenvalue weighted by molar-refractivity contribution is -0.138. The molecule has 0 aromatic rings. The minimum absolute atomic E-state index is 0.325. The smallest absolute Gasteiger partial charge is 0.309 e. The number of hydrogen-bond donors (Lipinski definition) is 3. The third-order valence-electron chi connectivity index (χ3n) is 3.71. The van der Waals surface area contributed by atoms with E-state index in [0.717, 1.165) is 38.5 Å². The van der Waals surface area contributed by atoms with E-state index in [1.807, 2.05) is 0 Å². The minimum Gasteiger partial charge on any atom is -0.396 e. The second kappa shape index (κ2) is 17.0. The van der Waals surface area contributed by atoms with E-state index in [4.69, 9.17) is 5.11 Å². The fourth-order valence-electron chi connectivity index (χ4n) is 2.28. The quantitative estimate of drug-likeness (QED) is 0.261. The van der Waals surface area contributed by atoms with Crippen LogP contribution in [0.2, 0.25) is 0 Å². The molecule has 0 atom stereocenters. The van der Waals surface area contributed by atoms with Gasteiger partial charge in [0, 0.05) is 20.2 Å². The number of amides is 2. The average Bonchev–Trinajstić information content (AvgIpc) is 2.57. The highest BCUT2D eigenvalue weighted by Crippen LogP contribution is 2.09. The molecular weight excluding hydrogens is 292 g/mol. The van der Waals surface area contributed by atoms with Crippen molar-refractivity contribution in [2.45, 2.75) is 70.6 Å². The predicted molar refractivity (Wildman–Crippen MR) is 94.1 cm³/mol. The van der Waals surface area contributed by atoms with Crippen LogP contribution in [0.25, 0.3) is 0 Å². The molecule has 0 spiro atoms. The van der Waals surface area contributed by atoms with Gasteiger partial charge in [-0.15, -0.1) is 0 Å². The minimum atomic E-state index is -0.585. The Bertz CT molecular complexity index is 330. The zero-order valence-corrected chi connectivity index (χ0v) is 14.6. The fraction of sp³-hybridized carbons (Fsp3) is 0.778. The van der Waals surface area contributed by atoms with E-state index in [1.54, 1.807) is 0 Å². The van der Waals surface area contributed by atoms with Crippen molar-refractivity contribution in [2.24, 2.45) is 0 Å². The van der Waals surface area contributed by atoms with Gasteiger partial charge in [-0.25, -0.2) is 0 Å². The molecule has 0 aromatic carbocycles. The predicted octanol–water partition coefficient (Wildman–Crippen LogP) is 2.69. The van der Waals surface area contributed by atoms with Crippen molar-refractivity contribution < 1.29 is 14.7 Å². The van der Waals surface area contributed by atoms with Gasteiger partial charge in [0.15, 0.2) is 0 Å². The van der Waals surface area contributed by atoms with Gasteiger partial charge in [0.25, 0.3) is 0 Å². The lowest BCUT2D eigenvalue weighted by Crippen LogP contribution is -2.38. The average molecular weight is 326 g/mol. The summed E-state index contributed by atoms with van der Waals surface area (Å²) in [7, 11) is 1.45. The van der Waals surface area contributed by atoms with Gasteiger partial charge in [0.2, 0.25) is 0 Å². The molecule has 0 radical (unpaired) electrons. The van der Waals surface area contributed by atoms with Gasteiger partial charge in [0.1, 0.15) is 0 Å². The Hall–Kier alpha value is -1.36. The molecule has 0 fully saturated rings. The van der Waals surface area contributed by atoms with Gasteiger partial charge in [-0.2, -0.15) is 0 Å². The van der Waals surface area contributed by atoms with E-state index in [-0.39, 0.29) is 0 Å². The van der Waals surface area contributed by atoms with Crippen molar-refractivity contribution in [1.29, 1.82) is 0 Å². The standard InChI is InChI=1S/C18H34N2O3/c1-19-17(22)18(23)20-15-13-11-9-7-5-3-2-4-6-8-10-12-14-16-21/h5,7,21H,2-4,6,8-16H2,1H3,(H,19,22)(H,20,23)/b7-5-. The molecule has 0 saturated carbocycles. The third-order valence-corrected chi connectivity index (χ3v) is 3.71. The van der Waals surface area contributed by atoms with Crippen molar-refractivity contribution in [1.82, 2.24) is 10.6 Å². The Kier molecular flexibility index (Phi) is 16.0. The van der Waals surface area contributed by atoms with E-state index >= 15 is 0 Å². The van der Waals surface area contributed by atoms with Crippen molar-refractivity contribution in [3.05, 3.63) is 12.2 Å². The normalized spacial score (nSPS) is 10.9. The largest absolute Gasteiger partial charge is 0.396 e. The number of likely N-dealkylation sites (N-methyl/N-ethyl adjacent to an activating group) is 1. The van der Waals surface area contributed by atoms with Crippen LogP contribution in [0.3, 0.4) is 0 Å². The molecule has 0 saturated heterocycles. The lowest BCUT2D eigenvalue weighted by atomic mass is 10.1. The maximum absolute atomic E-state index is 11.2. The Morgan fingerprint density at radius 1 is 0.783 bits per heavy atom. The Balaban J connectivity index is 3.23.